The van der Waals surface area contributed by atoms with E-state index >= 15 is 0 Å². The number of methoxy groups -OCH3 is 1. The first-order valence-electron chi connectivity index (χ1n) is 9.26. The third kappa shape index (κ3) is 5.65. The predicted molar refractivity (Wildman–Crippen MR) is 109 cm³/mol. The van der Waals surface area contributed by atoms with Crippen molar-refractivity contribution in [1.29, 1.82) is 0 Å². The van der Waals surface area contributed by atoms with Crippen molar-refractivity contribution >= 4 is 17.7 Å². The smallest absolute Gasteiger partial charge is 0.337 e. The molecule has 150 valence electrons. The topological polar surface area (TPSA) is 98.1 Å². The summed E-state index contributed by atoms with van der Waals surface area (Å²) in [6.07, 6.45) is 3.26. The van der Waals surface area contributed by atoms with Crippen molar-refractivity contribution in [3.05, 3.63) is 71.5 Å². The number of aromatic nitrogens is 3. The van der Waals surface area contributed by atoms with Crippen LogP contribution in [0.4, 0.5) is 10.5 Å². The number of rotatable bonds is 7. The van der Waals surface area contributed by atoms with Crippen molar-refractivity contribution in [3.8, 4) is 5.69 Å². The zero-order valence-corrected chi connectivity index (χ0v) is 16.4. The summed E-state index contributed by atoms with van der Waals surface area (Å²) >= 11 is 0. The maximum atomic E-state index is 11.9. The molecule has 0 aliphatic carbocycles. The summed E-state index contributed by atoms with van der Waals surface area (Å²) < 4.78 is 6.33. The lowest BCUT2D eigenvalue weighted by molar-refractivity contribution is 0.0600. The quantitative estimate of drug-likeness (QED) is 0.475. The molecule has 3 aromatic rings. The van der Waals surface area contributed by atoms with E-state index in [2.05, 4.69) is 25.7 Å². The molecular formula is C21H23N5O3. The van der Waals surface area contributed by atoms with Gasteiger partial charge in [0.2, 0.25) is 0 Å². The van der Waals surface area contributed by atoms with Crippen molar-refractivity contribution in [3.63, 3.8) is 0 Å². The molecule has 2 aromatic carbocycles. The molecule has 0 aliphatic rings. The van der Waals surface area contributed by atoms with Crippen molar-refractivity contribution in [2.75, 3.05) is 19.0 Å². The van der Waals surface area contributed by atoms with Crippen molar-refractivity contribution in [2.24, 2.45) is 0 Å². The first-order valence-corrected chi connectivity index (χ1v) is 9.26. The third-order valence-electron chi connectivity index (χ3n) is 4.30. The zero-order chi connectivity index (χ0) is 20.6. The summed E-state index contributed by atoms with van der Waals surface area (Å²) in [6.45, 7) is 2.52. The normalized spacial score (nSPS) is 10.4. The van der Waals surface area contributed by atoms with Crippen LogP contribution in [0.2, 0.25) is 0 Å². The Labute approximate surface area is 168 Å². The monoisotopic (exact) mass is 393 g/mol. The van der Waals surface area contributed by atoms with Crippen LogP contribution in [0.5, 0.6) is 0 Å². The number of urea groups is 1. The first kappa shape index (κ1) is 20.1. The van der Waals surface area contributed by atoms with Gasteiger partial charge in [-0.25, -0.2) is 14.3 Å². The number of esters is 1. The molecule has 29 heavy (non-hydrogen) atoms. The number of hydrogen-bond acceptors (Lipinski definition) is 5. The van der Waals surface area contributed by atoms with E-state index in [0.29, 0.717) is 18.5 Å². The Morgan fingerprint density at radius 2 is 1.79 bits per heavy atom. The van der Waals surface area contributed by atoms with Gasteiger partial charge in [0, 0.05) is 12.2 Å². The summed E-state index contributed by atoms with van der Waals surface area (Å²) in [5.41, 5.74) is 4.00. The van der Waals surface area contributed by atoms with Crippen molar-refractivity contribution in [2.45, 2.75) is 19.8 Å². The Morgan fingerprint density at radius 3 is 2.48 bits per heavy atom. The van der Waals surface area contributed by atoms with Crippen molar-refractivity contribution < 1.29 is 14.3 Å². The SMILES string of the molecule is COC(=O)c1ccc(-n2cc(CCCNC(=O)Nc3ccc(C)cc3)nn2)cc1. The van der Waals surface area contributed by atoms with Gasteiger partial charge in [0.05, 0.1) is 30.3 Å². The number of carbonyl (C=O) groups is 2. The summed E-state index contributed by atoms with van der Waals surface area (Å²) in [5.74, 6) is -0.380. The maximum Gasteiger partial charge on any atom is 0.337 e. The van der Waals surface area contributed by atoms with Gasteiger partial charge < -0.3 is 15.4 Å². The average Bonchev–Trinajstić information content (AvgIpc) is 3.21. The molecule has 0 aliphatic heterocycles. The van der Waals surface area contributed by atoms with Crippen molar-refractivity contribution in [1.82, 2.24) is 20.3 Å². The summed E-state index contributed by atoms with van der Waals surface area (Å²) in [4.78, 5) is 23.4. The zero-order valence-electron chi connectivity index (χ0n) is 16.4. The fourth-order valence-corrected chi connectivity index (χ4v) is 2.69. The highest BCUT2D eigenvalue weighted by atomic mass is 16.5. The first-order chi connectivity index (χ1) is 14.0. The number of nitrogens with zero attached hydrogens (tertiary/aromatic N) is 3. The minimum atomic E-state index is -0.380. The van der Waals surface area contributed by atoms with Gasteiger partial charge >= 0.3 is 12.0 Å². The Kier molecular flexibility index (Phi) is 6.57. The Hall–Kier alpha value is -3.68. The second-order valence-electron chi connectivity index (χ2n) is 6.54. The number of hydrogen-bond donors (Lipinski definition) is 2. The van der Waals surface area contributed by atoms with Crippen LogP contribution in [0.3, 0.4) is 0 Å². The molecule has 0 fully saturated rings. The molecule has 2 amide bonds. The van der Waals surface area contributed by atoms with Gasteiger partial charge in [-0.15, -0.1) is 5.10 Å². The lowest BCUT2D eigenvalue weighted by Crippen LogP contribution is -2.29. The highest BCUT2D eigenvalue weighted by molar-refractivity contribution is 5.89. The molecule has 0 saturated carbocycles. The lowest BCUT2D eigenvalue weighted by Gasteiger charge is -2.07. The Morgan fingerprint density at radius 1 is 1.07 bits per heavy atom. The number of ether oxygens (including phenoxy) is 1. The molecule has 3 rings (SSSR count). The number of benzene rings is 2. The number of carbonyl (C=O) groups excluding carboxylic acids is 2. The standard InChI is InChI=1S/C21H23N5O3/c1-15-5-9-17(10-6-15)23-21(28)22-13-3-4-18-14-26(25-24-18)19-11-7-16(8-12-19)20(27)29-2/h5-12,14H,3-4,13H2,1-2H3,(H2,22,23,28). The van der Waals surface area contributed by atoms with Gasteiger partial charge in [0.25, 0.3) is 0 Å². The van der Waals surface area contributed by atoms with Gasteiger partial charge in [0.15, 0.2) is 0 Å². The molecule has 0 radical (unpaired) electrons. The van der Waals surface area contributed by atoms with E-state index < -0.39 is 0 Å². The fraction of sp³-hybridized carbons (Fsp3) is 0.238. The summed E-state index contributed by atoms with van der Waals surface area (Å²) in [7, 11) is 1.35. The van der Waals surface area contributed by atoms with Crippen LogP contribution >= 0.6 is 0 Å². The van der Waals surface area contributed by atoms with Crippen LogP contribution in [0.25, 0.3) is 5.69 Å². The second kappa shape index (κ2) is 9.50. The molecule has 8 heteroatoms. The van der Waals surface area contributed by atoms with Crippen LogP contribution in [-0.4, -0.2) is 40.6 Å². The van der Waals surface area contributed by atoms with Crippen LogP contribution < -0.4 is 10.6 Å². The van der Waals surface area contributed by atoms with E-state index in [9.17, 15) is 9.59 Å². The molecule has 8 nitrogen and oxygen atoms in total. The largest absolute Gasteiger partial charge is 0.465 e. The third-order valence-corrected chi connectivity index (χ3v) is 4.30. The molecule has 1 aromatic heterocycles. The Balaban J connectivity index is 1.44. The number of nitrogens with one attached hydrogen (secondary N) is 2. The second-order valence-corrected chi connectivity index (χ2v) is 6.54. The van der Waals surface area contributed by atoms with E-state index in [1.54, 1.807) is 28.9 Å². The molecule has 0 bridgehead atoms. The molecule has 0 spiro atoms. The fourth-order valence-electron chi connectivity index (χ4n) is 2.69. The van der Waals surface area contributed by atoms with Crippen LogP contribution in [0.1, 0.15) is 28.0 Å². The minimum Gasteiger partial charge on any atom is -0.465 e. The van der Waals surface area contributed by atoms with Gasteiger partial charge in [0.1, 0.15) is 0 Å². The van der Waals surface area contributed by atoms with E-state index in [0.717, 1.165) is 29.1 Å². The highest BCUT2D eigenvalue weighted by Crippen LogP contribution is 2.11. The number of amides is 2. The van der Waals surface area contributed by atoms with Gasteiger partial charge in [-0.1, -0.05) is 22.9 Å². The summed E-state index contributed by atoms with van der Waals surface area (Å²) in [6, 6.07) is 14.3. The van der Waals surface area contributed by atoms with E-state index in [1.807, 2.05) is 37.4 Å². The lowest BCUT2D eigenvalue weighted by atomic mass is 10.2. The number of anilines is 1. The van der Waals surface area contributed by atoms with E-state index in [1.165, 1.54) is 7.11 Å². The van der Waals surface area contributed by atoms with Gasteiger partial charge in [-0.05, 0) is 56.2 Å². The molecule has 0 unspecified atom stereocenters. The van der Waals surface area contributed by atoms with Gasteiger partial charge in [-0.2, -0.15) is 0 Å². The van der Waals surface area contributed by atoms with E-state index in [-0.39, 0.29) is 12.0 Å². The summed E-state index contributed by atoms with van der Waals surface area (Å²) in [5, 5.41) is 13.9. The highest BCUT2D eigenvalue weighted by Gasteiger charge is 2.07. The molecular weight excluding hydrogens is 370 g/mol. The van der Waals surface area contributed by atoms with E-state index in [4.69, 9.17) is 0 Å². The van der Waals surface area contributed by atoms with Crippen LogP contribution in [0.15, 0.2) is 54.7 Å². The predicted octanol–water partition coefficient (Wildman–Crippen LogP) is 3.12. The molecule has 1 heterocycles. The average molecular weight is 393 g/mol. The Bertz CT molecular complexity index is 965. The van der Waals surface area contributed by atoms with Crippen LogP contribution in [0, 0.1) is 6.92 Å². The minimum absolute atomic E-state index is 0.233. The maximum absolute atomic E-state index is 11.9. The van der Waals surface area contributed by atoms with Gasteiger partial charge in [-0.3, -0.25) is 0 Å². The number of aryl methyl sites for hydroxylation is 2. The molecule has 0 atom stereocenters. The molecule has 2 N–H and O–H groups in total. The van der Waals surface area contributed by atoms with Crippen LogP contribution in [-0.2, 0) is 11.2 Å². The molecule has 0 saturated heterocycles.